The first-order chi connectivity index (χ1) is 10.3. The summed E-state index contributed by atoms with van der Waals surface area (Å²) in [5.74, 6) is 0. The zero-order valence-corrected chi connectivity index (χ0v) is 12.2. The molecule has 0 amide bonds. The smallest absolute Gasteiger partial charge is 0.412 e. The predicted molar refractivity (Wildman–Crippen MR) is 68.2 cm³/mol. The van der Waals surface area contributed by atoms with Crippen molar-refractivity contribution in [2.45, 2.75) is 30.5 Å². The largest absolute Gasteiger partial charge is 0.563 e. The first-order valence-electron chi connectivity index (χ1n) is 6.13. The molecule has 23 heavy (non-hydrogen) atoms. The number of hydrogen-bond donors (Lipinski definition) is 7. The van der Waals surface area contributed by atoms with Crippen molar-refractivity contribution in [1.29, 1.82) is 0 Å². The van der Waals surface area contributed by atoms with Gasteiger partial charge in [0.25, 0.3) is 0 Å². The van der Waals surface area contributed by atoms with Gasteiger partial charge in [-0.25, -0.2) is 4.83 Å². The zero-order chi connectivity index (χ0) is 17.7. The van der Waals surface area contributed by atoms with Crippen LogP contribution < -0.4 is 4.83 Å². The van der Waals surface area contributed by atoms with Gasteiger partial charge in [-0.3, -0.25) is 0 Å². The summed E-state index contributed by atoms with van der Waals surface area (Å²) in [7, 11) is 0. The van der Waals surface area contributed by atoms with E-state index < -0.39 is 44.7 Å². The highest BCUT2D eigenvalue weighted by Crippen LogP contribution is 2.55. The van der Waals surface area contributed by atoms with Crippen LogP contribution in [-0.2, 0) is 0 Å². The molecule has 1 unspecified atom stereocenters. The van der Waals surface area contributed by atoms with E-state index >= 15 is 0 Å². The highest BCUT2D eigenvalue weighted by molar-refractivity contribution is 8.00. The van der Waals surface area contributed by atoms with Crippen molar-refractivity contribution in [3.63, 3.8) is 0 Å². The molecule has 1 atom stereocenters. The van der Waals surface area contributed by atoms with Crippen LogP contribution in [0.25, 0.3) is 0 Å². The fourth-order valence-electron chi connectivity index (χ4n) is 3.27. The SMILES string of the molecule is [O-][N+](O)(O)C1(C2=NNSC=C2)CCCC1([N+]([O-])(O)O)[N+]([O-])(O)O. The van der Waals surface area contributed by atoms with Gasteiger partial charge in [-0.1, -0.05) is 0 Å². The second-order valence-electron chi connectivity index (χ2n) is 5.17. The third-order valence-corrected chi connectivity index (χ3v) is 4.59. The number of nitrogens with one attached hydrogen (secondary N) is 1. The molecule has 0 aromatic heterocycles. The van der Waals surface area contributed by atoms with Crippen molar-refractivity contribution < 1.29 is 46.2 Å². The maximum Gasteiger partial charge on any atom is 0.412 e. The van der Waals surface area contributed by atoms with E-state index in [1.807, 2.05) is 0 Å². The van der Waals surface area contributed by atoms with Gasteiger partial charge in [0.2, 0.25) is 0 Å². The summed E-state index contributed by atoms with van der Waals surface area (Å²) in [5.41, 5.74) is -7.43. The molecule has 7 N–H and O–H groups in total. The molecule has 1 aliphatic carbocycles. The molecule has 1 saturated carbocycles. The number of rotatable bonds is 4. The monoisotopic (exact) mass is 357 g/mol. The molecule has 0 saturated heterocycles. The van der Waals surface area contributed by atoms with E-state index in [0.29, 0.717) is 0 Å². The van der Waals surface area contributed by atoms with Crippen LogP contribution in [0, 0.1) is 15.6 Å². The van der Waals surface area contributed by atoms with Gasteiger partial charge >= 0.3 is 11.2 Å². The van der Waals surface area contributed by atoms with Crippen molar-refractivity contribution in [3.8, 4) is 0 Å². The highest BCUT2D eigenvalue weighted by atomic mass is 32.2. The molecule has 2 rings (SSSR count). The van der Waals surface area contributed by atoms with Crippen LogP contribution in [-0.4, -0.2) is 63.1 Å². The van der Waals surface area contributed by atoms with Gasteiger partial charge in [-0.2, -0.15) is 36.3 Å². The summed E-state index contributed by atoms with van der Waals surface area (Å²) in [5, 5.41) is 97.5. The molecule has 1 fully saturated rings. The average Bonchev–Trinajstić information content (AvgIpc) is 2.80. The highest BCUT2D eigenvalue weighted by Gasteiger charge is 2.87. The molecule has 1 heterocycles. The lowest BCUT2D eigenvalue weighted by Crippen LogP contribution is -2.86. The van der Waals surface area contributed by atoms with Crippen LogP contribution in [0.2, 0.25) is 0 Å². The zero-order valence-electron chi connectivity index (χ0n) is 11.4. The van der Waals surface area contributed by atoms with Crippen LogP contribution in [0.1, 0.15) is 19.3 Å². The van der Waals surface area contributed by atoms with E-state index in [4.69, 9.17) is 0 Å². The maximum atomic E-state index is 12.0. The van der Waals surface area contributed by atoms with E-state index in [2.05, 4.69) is 9.93 Å². The van der Waals surface area contributed by atoms with E-state index in [1.54, 1.807) is 0 Å². The first kappa shape index (κ1) is 18.4. The molecule has 132 valence electrons. The Balaban J connectivity index is 2.84. The van der Waals surface area contributed by atoms with Crippen LogP contribution in [0.15, 0.2) is 16.6 Å². The third-order valence-electron chi connectivity index (χ3n) is 4.12. The van der Waals surface area contributed by atoms with Crippen molar-refractivity contribution in [3.05, 3.63) is 27.1 Å². The summed E-state index contributed by atoms with van der Waals surface area (Å²) in [6.45, 7) is 0. The van der Waals surface area contributed by atoms with Gasteiger partial charge in [0, 0.05) is 6.42 Å². The summed E-state index contributed by atoms with van der Waals surface area (Å²) in [4.78, 5) is -8.48. The molecular weight excluding hydrogens is 342 g/mol. The standard InChI is InChI=1S/C8H15N5O9S/c14-11(15,16)7(6-2-5-23-10-9-6)3-1-4-8(7,12(17,18)19)13(20,21)22/h2,5,10,14-15,17-18,20-21H,1,3-4H2. The van der Waals surface area contributed by atoms with Crippen LogP contribution in [0.3, 0.4) is 0 Å². The van der Waals surface area contributed by atoms with Crippen LogP contribution >= 0.6 is 11.9 Å². The molecule has 14 nitrogen and oxygen atoms in total. The minimum atomic E-state index is -3.66. The lowest BCUT2D eigenvalue weighted by molar-refractivity contribution is -1.42. The number of quaternary nitrogens is 3. The Hall–Kier alpha value is -0.920. The van der Waals surface area contributed by atoms with Gasteiger partial charge in [0.15, 0.2) is 0 Å². The van der Waals surface area contributed by atoms with Gasteiger partial charge in [-0.15, -0.1) is 0 Å². The summed E-state index contributed by atoms with van der Waals surface area (Å²) < 4.78 is 0. The predicted octanol–water partition coefficient (Wildman–Crippen LogP) is 0.00550. The number of hydroxylamine groups is 9. The normalized spacial score (nSPS) is 28.5. The quantitative estimate of drug-likeness (QED) is 0.154. The van der Waals surface area contributed by atoms with E-state index in [-0.39, 0.29) is 6.42 Å². The fourth-order valence-corrected chi connectivity index (χ4v) is 3.68. The Morgan fingerprint density at radius 1 is 1.00 bits per heavy atom. The number of hydrogen-bond acceptors (Lipinski definition) is 12. The van der Waals surface area contributed by atoms with Crippen molar-refractivity contribution >= 4 is 17.7 Å². The Morgan fingerprint density at radius 3 is 1.96 bits per heavy atom. The molecule has 0 radical (unpaired) electrons. The van der Waals surface area contributed by atoms with Crippen molar-refractivity contribution in [1.82, 2.24) is 4.83 Å². The molecule has 0 bridgehead atoms. The molecular formula is C8H15N5O9S. The van der Waals surface area contributed by atoms with Gasteiger partial charge in [0.1, 0.15) is 5.71 Å². The van der Waals surface area contributed by atoms with Crippen LogP contribution in [0.5, 0.6) is 0 Å². The second kappa shape index (κ2) is 5.29. The summed E-state index contributed by atoms with van der Waals surface area (Å²) >= 11 is 0.875. The van der Waals surface area contributed by atoms with Gasteiger partial charge < -0.3 is 15.6 Å². The Kier molecular flexibility index (Phi) is 4.24. The molecule has 0 aromatic rings. The molecule has 0 aromatic carbocycles. The topological polar surface area (TPSA) is 215 Å². The van der Waals surface area contributed by atoms with Gasteiger partial charge in [-0.05, 0) is 44.8 Å². The maximum absolute atomic E-state index is 12.0. The molecule has 0 spiro atoms. The number of nitrogens with zero attached hydrogens (tertiary/aromatic N) is 4. The van der Waals surface area contributed by atoms with E-state index in [9.17, 15) is 46.9 Å². The first-order valence-corrected chi connectivity index (χ1v) is 7.01. The Labute approximate surface area is 132 Å². The van der Waals surface area contributed by atoms with E-state index in [1.165, 1.54) is 5.41 Å². The third kappa shape index (κ3) is 2.36. The lowest BCUT2D eigenvalue weighted by atomic mass is 9.81. The number of hydrazone groups is 1. The van der Waals surface area contributed by atoms with Crippen molar-refractivity contribution in [2.24, 2.45) is 5.10 Å². The Bertz CT molecular complexity index is 522. The minimum Gasteiger partial charge on any atom is -0.563 e. The molecule has 1 aliphatic heterocycles. The van der Waals surface area contributed by atoms with Crippen molar-refractivity contribution in [2.75, 3.05) is 0 Å². The summed E-state index contributed by atoms with van der Waals surface area (Å²) in [6, 6.07) is 0. The fraction of sp³-hybridized carbons (Fsp3) is 0.625. The molecule has 15 heteroatoms. The minimum absolute atomic E-state index is 0.323. The van der Waals surface area contributed by atoms with Gasteiger partial charge in [0.05, 0.1) is 6.42 Å². The van der Waals surface area contributed by atoms with E-state index in [0.717, 1.165) is 18.0 Å². The lowest BCUT2D eigenvalue weighted by Gasteiger charge is -2.55. The second-order valence-corrected chi connectivity index (χ2v) is 5.86. The Morgan fingerprint density at radius 2 is 1.57 bits per heavy atom. The summed E-state index contributed by atoms with van der Waals surface area (Å²) in [6.07, 6.45) is -0.963. The molecule has 2 aliphatic rings. The average molecular weight is 357 g/mol. The van der Waals surface area contributed by atoms with Crippen LogP contribution in [0.4, 0.5) is 0 Å².